The largest absolute Gasteiger partial charge is 0.383 e. The maximum absolute atomic E-state index is 13.0. The third-order valence-electron chi connectivity index (χ3n) is 3.81. The molecule has 1 N–H and O–H groups in total. The van der Waals surface area contributed by atoms with Crippen LogP contribution in [0.3, 0.4) is 0 Å². The van der Waals surface area contributed by atoms with Gasteiger partial charge in [-0.3, -0.25) is 10.1 Å². The fourth-order valence-electron chi connectivity index (χ4n) is 2.45. The summed E-state index contributed by atoms with van der Waals surface area (Å²) < 4.78 is 18.0. The molecular formula is C16H21FN2O2. The van der Waals surface area contributed by atoms with Crippen molar-refractivity contribution in [2.24, 2.45) is 0 Å². The lowest BCUT2D eigenvalue weighted by molar-refractivity contribution is -0.128. The molecule has 114 valence electrons. The van der Waals surface area contributed by atoms with Crippen LogP contribution in [0.1, 0.15) is 19.4 Å². The molecule has 0 bridgehead atoms. The highest BCUT2D eigenvalue weighted by atomic mass is 19.1. The second-order valence-corrected chi connectivity index (χ2v) is 5.22. The van der Waals surface area contributed by atoms with Crippen LogP contribution in [0.4, 0.5) is 4.39 Å². The Morgan fingerprint density at radius 2 is 1.95 bits per heavy atom. The van der Waals surface area contributed by atoms with Crippen molar-refractivity contribution < 1.29 is 13.9 Å². The molecule has 1 aromatic rings. The van der Waals surface area contributed by atoms with E-state index in [4.69, 9.17) is 4.74 Å². The lowest BCUT2D eigenvalue weighted by atomic mass is 10.1. The Balaban J connectivity index is 2.11. The van der Waals surface area contributed by atoms with Crippen LogP contribution >= 0.6 is 0 Å². The fourth-order valence-corrected chi connectivity index (χ4v) is 2.45. The number of methoxy groups -OCH3 is 1. The number of halogens is 1. The molecule has 1 aromatic carbocycles. The van der Waals surface area contributed by atoms with Crippen LogP contribution in [0.15, 0.2) is 35.4 Å². The molecule has 0 aromatic heterocycles. The van der Waals surface area contributed by atoms with Gasteiger partial charge in [0.2, 0.25) is 0 Å². The van der Waals surface area contributed by atoms with Crippen LogP contribution in [-0.4, -0.2) is 37.2 Å². The average Bonchev–Trinajstić information content (AvgIpc) is 2.67. The minimum atomic E-state index is -0.272. The summed E-state index contributed by atoms with van der Waals surface area (Å²) in [6.45, 7) is 5.51. The molecule has 0 spiro atoms. The second-order valence-electron chi connectivity index (χ2n) is 5.22. The van der Waals surface area contributed by atoms with Crippen LogP contribution in [0.5, 0.6) is 0 Å². The lowest BCUT2D eigenvalue weighted by Gasteiger charge is -2.27. The summed E-state index contributed by atoms with van der Waals surface area (Å²) in [5.74, 6) is -0.251. The highest BCUT2D eigenvalue weighted by Crippen LogP contribution is 2.25. The molecule has 2 rings (SSSR count). The normalized spacial score (nSPS) is 18.8. The molecule has 1 aliphatic heterocycles. The summed E-state index contributed by atoms with van der Waals surface area (Å²) in [5.41, 5.74) is 2.70. The molecule has 5 heteroatoms. The molecule has 4 nitrogen and oxygen atoms in total. The highest BCUT2D eigenvalue weighted by Gasteiger charge is 2.34. The Labute approximate surface area is 124 Å². The van der Waals surface area contributed by atoms with Crippen molar-refractivity contribution in [1.29, 1.82) is 0 Å². The number of rotatable bonds is 6. The molecule has 1 amide bonds. The highest BCUT2D eigenvalue weighted by molar-refractivity contribution is 5.96. The number of nitrogens with zero attached hydrogens (tertiary/aromatic N) is 1. The van der Waals surface area contributed by atoms with E-state index in [0.29, 0.717) is 19.7 Å². The van der Waals surface area contributed by atoms with Gasteiger partial charge in [0.05, 0.1) is 6.61 Å². The predicted molar refractivity (Wildman–Crippen MR) is 79.0 cm³/mol. The number of nitrogens with one attached hydrogen (secondary N) is 1. The van der Waals surface area contributed by atoms with Crippen molar-refractivity contribution in [3.63, 3.8) is 0 Å². The van der Waals surface area contributed by atoms with Gasteiger partial charge in [-0.05, 0) is 37.1 Å². The Hall–Kier alpha value is -1.72. The van der Waals surface area contributed by atoms with Crippen LogP contribution in [0.25, 0.3) is 0 Å². The number of amides is 1. The summed E-state index contributed by atoms with van der Waals surface area (Å²) in [4.78, 5) is 14.1. The topological polar surface area (TPSA) is 41.6 Å². The number of ether oxygens (including phenoxy) is 1. The van der Waals surface area contributed by atoms with E-state index in [1.807, 2.05) is 13.8 Å². The van der Waals surface area contributed by atoms with Gasteiger partial charge in [0.1, 0.15) is 12.0 Å². The zero-order valence-electron chi connectivity index (χ0n) is 12.6. The fraction of sp³-hybridized carbons (Fsp3) is 0.438. The van der Waals surface area contributed by atoms with Crippen LogP contribution in [0.2, 0.25) is 0 Å². The summed E-state index contributed by atoms with van der Waals surface area (Å²) in [6, 6.07) is 6.24. The molecule has 21 heavy (non-hydrogen) atoms. The van der Waals surface area contributed by atoms with E-state index in [0.717, 1.165) is 16.7 Å². The Morgan fingerprint density at radius 3 is 2.57 bits per heavy atom. The lowest BCUT2D eigenvalue weighted by Crippen LogP contribution is -2.45. The van der Waals surface area contributed by atoms with Crippen molar-refractivity contribution in [2.75, 3.05) is 20.3 Å². The molecule has 0 saturated heterocycles. The predicted octanol–water partition coefficient (Wildman–Crippen LogP) is 2.07. The molecule has 0 saturated carbocycles. The molecule has 0 radical (unpaired) electrons. The van der Waals surface area contributed by atoms with E-state index in [1.54, 1.807) is 24.1 Å². The number of benzene rings is 1. The van der Waals surface area contributed by atoms with Gasteiger partial charge < -0.3 is 9.64 Å². The van der Waals surface area contributed by atoms with Crippen molar-refractivity contribution in [1.82, 2.24) is 10.2 Å². The van der Waals surface area contributed by atoms with Crippen molar-refractivity contribution in [3.8, 4) is 0 Å². The number of carbonyl (C=O) groups is 1. The van der Waals surface area contributed by atoms with E-state index >= 15 is 0 Å². The van der Waals surface area contributed by atoms with Gasteiger partial charge >= 0.3 is 0 Å². The smallest absolute Gasteiger partial charge is 0.251 e. The standard InChI is InChI=1S/C16H21FN2O2/c1-11-12(2)16(20)19(15(11)18-8-9-21-3)10-13-4-6-14(17)7-5-13/h4-7,15,18H,8-10H2,1-3H3/t15-/m0/s1. The van der Waals surface area contributed by atoms with Crippen LogP contribution < -0.4 is 5.32 Å². The Kier molecular flexibility index (Phi) is 5.09. The number of hydrogen-bond acceptors (Lipinski definition) is 3. The Bertz CT molecular complexity index is 540. The van der Waals surface area contributed by atoms with Crippen LogP contribution in [-0.2, 0) is 16.1 Å². The van der Waals surface area contributed by atoms with E-state index in [9.17, 15) is 9.18 Å². The maximum atomic E-state index is 13.0. The van der Waals surface area contributed by atoms with E-state index in [-0.39, 0.29) is 17.9 Å². The zero-order chi connectivity index (χ0) is 15.4. The van der Waals surface area contributed by atoms with Gasteiger partial charge in [0.25, 0.3) is 5.91 Å². The first-order chi connectivity index (χ1) is 10.0. The number of hydrogen-bond donors (Lipinski definition) is 1. The van der Waals surface area contributed by atoms with Crippen molar-refractivity contribution in [2.45, 2.75) is 26.6 Å². The SMILES string of the molecule is COCCN[C@@H]1C(C)=C(C)C(=O)N1Cc1ccc(F)cc1. The second kappa shape index (κ2) is 6.83. The summed E-state index contributed by atoms with van der Waals surface area (Å²) in [6.07, 6.45) is -0.127. The quantitative estimate of drug-likeness (QED) is 0.816. The average molecular weight is 292 g/mol. The van der Waals surface area contributed by atoms with Gasteiger partial charge in [-0.1, -0.05) is 12.1 Å². The molecular weight excluding hydrogens is 271 g/mol. The molecule has 1 atom stereocenters. The Morgan fingerprint density at radius 1 is 1.29 bits per heavy atom. The first-order valence-electron chi connectivity index (χ1n) is 6.99. The maximum Gasteiger partial charge on any atom is 0.251 e. The van der Waals surface area contributed by atoms with Gasteiger partial charge in [-0.2, -0.15) is 0 Å². The summed E-state index contributed by atoms with van der Waals surface area (Å²) in [7, 11) is 1.64. The number of carbonyl (C=O) groups excluding carboxylic acids is 1. The molecule has 0 aliphatic carbocycles. The first kappa shape index (κ1) is 15.7. The van der Waals surface area contributed by atoms with Gasteiger partial charge in [-0.15, -0.1) is 0 Å². The molecule has 0 unspecified atom stereocenters. The van der Waals surface area contributed by atoms with Crippen molar-refractivity contribution in [3.05, 3.63) is 46.8 Å². The van der Waals surface area contributed by atoms with Gasteiger partial charge in [0, 0.05) is 25.8 Å². The monoisotopic (exact) mass is 292 g/mol. The molecule has 0 fully saturated rings. The van der Waals surface area contributed by atoms with Crippen molar-refractivity contribution >= 4 is 5.91 Å². The van der Waals surface area contributed by atoms with E-state index < -0.39 is 0 Å². The van der Waals surface area contributed by atoms with Crippen LogP contribution in [0, 0.1) is 5.82 Å². The minimum absolute atomic E-state index is 0.0201. The summed E-state index contributed by atoms with van der Waals surface area (Å²) in [5, 5.41) is 3.32. The minimum Gasteiger partial charge on any atom is -0.383 e. The van der Waals surface area contributed by atoms with E-state index in [2.05, 4.69) is 5.32 Å². The van der Waals surface area contributed by atoms with Gasteiger partial charge in [-0.25, -0.2) is 4.39 Å². The third-order valence-corrected chi connectivity index (χ3v) is 3.81. The molecule has 1 aliphatic rings. The molecule has 1 heterocycles. The van der Waals surface area contributed by atoms with Gasteiger partial charge in [0.15, 0.2) is 0 Å². The first-order valence-corrected chi connectivity index (χ1v) is 6.99. The summed E-state index contributed by atoms with van der Waals surface area (Å²) >= 11 is 0. The van der Waals surface area contributed by atoms with E-state index in [1.165, 1.54) is 12.1 Å². The zero-order valence-corrected chi connectivity index (χ0v) is 12.6. The third kappa shape index (κ3) is 3.49.